The van der Waals surface area contributed by atoms with Gasteiger partial charge in [-0.15, -0.1) is 0 Å². The highest BCUT2D eigenvalue weighted by Gasteiger charge is 2.18. The van der Waals surface area contributed by atoms with Crippen molar-refractivity contribution in [3.8, 4) is 5.75 Å². The number of hydrogen-bond acceptors (Lipinski definition) is 2. The molecule has 138 valence electrons. The largest absolute Gasteiger partial charge is 0.508 e. The third-order valence-corrected chi connectivity index (χ3v) is 5.22. The minimum atomic E-state index is -0.198. The first-order valence-corrected chi connectivity index (χ1v) is 9.69. The second-order valence-electron chi connectivity index (χ2n) is 7.11. The molecule has 2 aromatic carbocycles. The summed E-state index contributed by atoms with van der Waals surface area (Å²) in [5, 5.41) is 9.88. The summed E-state index contributed by atoms with van der Waals surface area (Å²) in [6, 6.07) is 12.6. The van der Waals surface area contributed by atoms with E-state index in [4.69, 9.17) is 5.73 Å². The average Bonchev–Trinajstić information content (AvgIpc) is 2.81. The van der Waals surface area contributed by atoms with E-state index in [-0.39, 0.29) is 5.82 Å². The van der Waals surface area contributed by atoms with Gasteiger partial charge in [-0.3, -0.25) is 0 Å². The first-order valence-electron chi connectivity index (χ1n) is 9.69. The first kappa shape index (κ1) is 18.7. The van der Waals surface area contributed by atoms with E-state index in [1.165, 1.54) is 28.7 Å². The molecule has 0 amide bonds. The molecule has 0 saturated carbocycles. The molecule has 2 nitrogen and oxygen atoms in total. The van der Waals surface area contributed by atoms with E-state index in [1.807, 2.05) is 18.2 Å². The molecule has 0 heterocycles. The van der Waals surface area contributed by atoms with Gasteiger partial charge < -0.3 is 10.8 Å². The number of aryl methyl sites for hydroxylation is 1. The zero-order chi connectivity index (χ0) is 18.4. The van der Waals surface area contributed by atoms with E-state index in [0.29, 0.717) is 5.75 Å². The van der Waals surface area contributed by atoms with Gasteiger partial charge in [0.15, 0.2) is 0 Å². The van der Waals surface area contributed by atoms with Gasteiger partial charge in [0.25, 0.3) is 0 Å². The van der Waals surface area contributed by atoms with E-state index in [1.54, 1.807) is 18.2 Å². The van der Waals surface area contributed by atoms with Gasteiger partial charge in [0.05, 0.1) is 0 Å². The van der Waals surface area contributed by atoms with Gasteiger partial charge in [-0.05, 0) is 97.2 Å². The van der Waals surface area contributed by atoms with Gasteiger partial charge in [0.2, 0.25) is 0 Å². The molecule has 0 aromatic heterocycles. The van der Waals surface area contributed by atoms with Crippen molar-refractivity contribution in [2.24, 2.45) is 5.73 Å². The average molecular weight is 353 g/mol. The van der Waals surface area contributed by atoms with Gasteiger partial charge in [-0.2, -0.15) is 0 Å². The molecule has 0 radical (unpaired) electrons. The zero-order valence-corrected chi connectivity index (χ0v) is 15.3. The number of fused-ring (bicyclic) bond motifs is 1. The summed E-state index contributed by atoms with van der Waals surface area (Å²) < 4.78 is 13.4. The number of nitrogens with two attached hydrogens (primary N) is 1. The Labute approximate surface area is 155 Å². The molecule has 0 atom stereocenters. The molecule has 2 aromatic rings. The number of unbranched alkanes of at least 4 members (excludes halogenated alkanes) is 3. The summed E-state index contributed by atoms with van der Waals surface area (Å²) in [5.74, 6) is 0.132. The van der Waals surface area contributed by atoms with Gasteiger partial charge in [-0.1, -0.05) is 31.0 Å². The Bertz CT molecular complexity index is 764. The number of aromatic hydroxyl groups is 1. The van der Waals surface area contributed by atoms with Crippen LogP contribution in [-0.2, 0) is 6.42 Å². The maximum absolute atomic E-state index is 13.4. The van der Waals surface area contributed by atoms with Crippen LogP contribution in [0.2, 0.25) is 0 Å². The predicted molar refractivity (Wildman–Crippen MR) is 106 cm³/mol. The van der Waals surface area contributed by atoms with Crippen LogP contribution in [0.4, 0.5) is 4.39 Å². The molecule has 0 bridgehead atoms. The number of hydrogen-bond donors (Lipinski definition) is 2. The second-order valence-corrected chi connectivity index (χ2v) is 7.11. The maximum atomic E-state index is 13.4. The van der Waals surface area contributed by atoms with Crippen molar-refractivity contribution in [3.05, 3.63) is 65.0 Å². The Morgan fingerprint density at radius 1 is 0.923 bits per heavy atom. The van der Waals surface area contributed by atoms with Crippen molar-refractivity contribution in [2.45, 2.75) is 51.4 Å². The van der Waals surface area contributed by atoms with Crippen molar-refractivity contribution in [2.75, 3.05) is 6.54 Å². The zero-order valence-electron chi connectivity index (χ0n) is 15.3. The summed E-state index contributed by atoms with van der Waals surface area (Å²) >= 11 is 0. The number of allylic oxidation sites excluding steroid dienone is 2. The van der Waals surface area contributed by atoms with Gasteiger partial charge >= 0.3 is 0 Å². The third kappa shape index (κ3) is 4.53. The van der Waals surface area contributed by atoms with E-state index in [9.17, 15) is 9.50 Å². The number of phenolic OH excluding ortho intramolecular Hbond substituents is 1. The minimum absolute atomic E-state index is 0.198. The quantitative estimate of drug-likeness (QED) is 0.628. The highest BCUT2D eigenvalue weighted by atomic mass is 19.1. The van der Waals surface area contributed by atoms with Crippen LogP contribution in [0, 0.1) is 5.82 Å². The fourth-order valence-electron chi connectivity index (χ4n) is 3.91. The lowest BCUT2D eigenvalue weighted by Crippen LogP contribution is -1.98. The SMILES string of the molecule is NCCCCCCC1=C(c2ccc(F)cc2)CCCc2cc(O)ccc21. The standard InChI is InChI=1S/C23H28FNO/c24-19-11-9-17(10-12-19)21-8-5-6-18-16-20(26)13-14-22(18)23(21)7-3-1-2-4-15-25/h9-14,16,26H,1-8,15,25H2. The Balaban J connectivity index is 1.96. The minimum Gasteiger partial charge on any atom is -0.508 e. The summed E-state index contributed by atoms with van der Waals surface area (Å²) in [4.78, 5) is 0. The molecule has 1 aliphatic carbocycles. The highest BCUT2D eigenvalue weighted by molar-refractivity contribution is 5.92. The number of halogens is 1. The fourth-order valence-corrected chi connectivity index (χ4v) is 3.91. The highest BCUT2D eigenvalue weighted by Crippen LogP contribution is 2.39. The van der Waals surface area contributed by atoms with Gasteiger partial charge in [0.1, 0.15) is 11.6 Å². The van der Waals surface area contributed by atoms with Crippen LogP contribution in [0.5, 0.6) is 5.75 Å². The Morgan fingerprint density at radius 3 is 2.46 bits per heavy atom. The normalized spacial score (nSPS) is 14.2. The molecule has 3 heteroatoms. The van der Waals surface area contributed by atoms with E-state index in [0.717, 1.165) is 57.1 Å². The summed E-state index contributed by atoms with van der Waals surface area (Å²) in [7, 11) is 0. The van der Waals surface area contributed by atoms with Crippen molar-refractivity contribution in [1.29, 1.82) is 0 Å². The monoisotopic (exact) mass is 353 g/mol. The maximum Gasteiger partial charge on any atom is 0.123 e. The van der Waals surface area contributed by atoms with Crippen molar-refractivity contribution in [3.63, 3.8) is 0 Å². The Morgan fingerprint density at radius 2 is 1.69 bits per heavy atom. The molecular formula is C23H28FNO. The number of benzene rings is 2. The van der Waals surface area contributed by atoms with Crippen LogP contribution in [0.25, 0.3) is 11.1 Å². The van der Waals surface area contributed by atoms with Crippen LogP contribution in [-0.4, -0.2) is 11.7 Å². The van der Waals surface area contributed by atoms with Crippen molar-refractivity contribution in [1.82, 2.24) is 0 Å². The van der Waals surface area contributed by atoms with Crippen LogP contribution < -0.4 is 5.73 Å². The molecule has 0 saturated heterocycles. The molecule has 0 aliphatic heterocycles. The van der Waals surface area contributed by atoms with Crippen LogP contribution in [0.15, 0.2) is 42.5 Å². The molecule has 1 aliphatic rings. The van der Waals surface area contributed by atoms with E-state index >= 15 is 0 Å². The van der Waals surface area contributed by atoms with Crippen LogP contribution in [0.3, 0.4) is 0 Å². The third-order valence-electron chi connectivity index (χ3n) is 5.22. The molecule has 0 spiro atoms. The van der Waals surface area contributed by atoms with Gasteiger partial charge in [0, 0.05) is 0 Å². The molecule has 0 fully saturated rings. The van der Waals surface area contributed by atoms with E-state index in [2.05, 4.69) is 6.07 Å². The summed E-state index contributed by atoms with van der Waals surface area (Å²) in [6.07, 6.45) is 8.54. The first-order chi connectivity index (χ1) is 12.7. The summed E-state index contributed by atoms with van der Waals surface area (Å²) in [6.45, 7) is 0.756. The van der Waals surface area contributed by atoms with Crippen LogP contribution >= 0.6 is 0 Å². The lowest BCUT2D eigenvalue weighted by molar-refractivity contribution is 0.474. The Hall–Kier alpha value is -2.13. The smallest absolute Gasteiger partial charge is 0.123 e. The molecule has 26 heavy (non-hydrogen) atoms. The lowest BCUT2D eigenvalue weighted by atomic mass is 9.89. The lowest BCUT2D eigenvalue weighted by Gasteiger charge is -2.16. The summed E-state index contributed by atoms with van der Waals surface area (Å²) in [5.41, 5.74) is 11.9. The molecule has 3 N–H and O–H groups in total. The Kier molecular flexibility index (Phi) is 6.45. The van der Waals surface area contributed by atoms with Crippen molar-refractivity contribution >= 4 is 11.1 Å². The predicted octanol–water partition coefficient (Wildman–Crippen LogP) is 5.69. The molecule has 0 unspecified atom stereocenters. The van der Waals surface area contributed by atoms with Crippen molar-refractivity contribution < 1.29 is 9.50 Å². The van der Waals surface area contributed by atoms with E-state index < -0.39 is 0 Å². The molecule has 3 rings (SSSR count). The van der Waals surface area contributed by atoms with Crippen LogP contribution in [0.1, 0.15) is 61.6 Å². The number of rotatable bonds is 7. The topological polar surface area (TPSA) is 46.2 Å². The fraction of sp³-hybridized carbons (Fsp3) is 0.391. The molecular weight excluding hydrogens is 325 g/mol. The second kappa shape index (κ2) is 9.00. The number of phenols is 1. The van der Waals surface area contributed by atoms with Gasteiger partial charge in [-0.25, -0.2) is 4.39 Å².